The largest absolute Gasteiger partial charge is 0.353 e. The zero-order valence-corrected chi connectivity index (χ0v) is 13.9. The van der Waals surface area contributed by atoms with E-state index in [0.717, 1.165) is 13.2 Å². The Morgan fingerprint density at radius 3 is 1.56 bits per heavy atom. The van der Waals surface area contributed by atoms with Crippen LogP contribution in [0.1, 0.15) is 41.5 Å². The fraction of sp³-hybridized carbons (Fsp3) is 0.857. The molecule has 0 heterocycles. The molecule has 0 atom stereocenters. The van der Waals surface area contributed by atoms with Gasteiger partial charge in [-0.3, -0.25) is 0 Å². The molecule has 4 heteroatoms. The van der Waals surface area contributed by atoms with Crippen LogP contribution in [0.4, 0.5) is 0 Å². The van der Waals surface area contributed by atoms with Crippen LogP contribution in [0.25, 0.3) is 0 Å². The lowest BCUT2D eigenvalue weighted by Gasteiger charge is -2.20. The van der Waals surface area contributed by atoms with Crippen LogP contribution in [0.15, 0.2) is 5.70 Å². The number of rotatable bonds is 8. The van der Waals surface area contributed by atoms with E-state index in [1.807, 2.05) is 32.4 Å². The van der Waals surface area contributed by atoms with Gasteiger partial charge in [0, 0.05) is 13.2 Å². The van der Waals surface area contributed by atoms with Crippen molar-refractivity contribution < 1.29 is 14.3 Å². The van der Waals surface area contributed by atoms with Crippen LogP contribution in [0.5, 0.6) is 0 Å². The van der Waals surface area contributed by atoms with Crippen LogP contribution in [-0.4, -0.2) is 33.5 Å². The smallest absolute Gasteiger partial charge is 0.154 e. The maximum Gasteiger partial charge on any atom is 0.154 e. The highest BCUT2D eigenvalue weighted by Crippen LogP contribution is 2.19. The molecule has 0 aliphatic carbocycles. The van der Waals surface area contributed by atoms with Gasteiger partial charge in [-0.25, -0.2) is 4.79 Å². The Hall–Kier alpha value is -0.413. The van der Waals surface area contributed by atoms with E-state index >= 15 is 0 Å². The summed E-state index contributed by atoms with van der Waals surface area (Å²) in [4.78, 5) is 10.2. The number of hydrogen-bond acceptors (Lipinski definition) is 3. The number of ether oxygens (including phenoxy) is 2. The highest BCUT2D eigenvalue weighted by Gasteiger charge is 2.23. The molecule has 0 saturated heterocycles. The minimum absolute atomic E-state index is 0.0370. The van der Waals surface area contributed by atoms with Gasteiger partial charge in [-0.2, -0.15) is 0 Å². The highest BCUT2D eigenvalue weighted by molar-refractivity contribution is 6.85. The monoisotopic (exact) mass is 274 g/mol. The molecular weight excluding hydrogens is 244 g/mol. The Balaban J connectivity index is 0. The first-order chi connectivity index (χ1) is 8.55. The van der Waals surface area contributed by atoms with Gasteiger partial charge in [-0.15, -0.1) is 0 Å². The first kappa shape index (κ1) is 19.9. The molecule has 0 rings (SSSR count). The van der Waals surface area contributed by atoms with Gasteiger partial charge >= 0.3 is 0 Å². The molecule has 0 aromatic carbocycles. The summed E-state index contributed by atoms with van der Waals surface area (Å²) in [5.41, 5.74) is 1.81. The van der Waals surface area contributed by atoms with Gasteiger partial charge in [0.2, 0.25) is 0 Å². The average Bonchev–Trinajstić information content (AvgIpc) is 2.38. The SMILES string of the molecule is CCOC(C)OCC.CC[Si](C=C=O)(CC)CC. The van der Waals surface area contributed by atoms with Crippen molar-refractivity contribution in [1.29, 1.82) is 0 Å². The molecule has 0 radical (unpaired) electrons. The quantitative estimate of drug-likeness (QED) is 0.383. The first-order valence-electron chi connectivity index (χ1n) is 7.00. The third-order valence-electron chi connectivity index (χ3n) is 3.28. The summed E-state index contributed by atoms with van der Waals surface area (Å²) in [5.74, 6) is 1.95. The van der Waals surface area contributed by atoms with Crippen LogP contribution in [-0.2, 0) is 14.3 Å². The summed E-state index contributed by atoms with van der Waals surface area (Å²) >= 11 is 0. The Morgan fingerprint density at radius 2 is 1.39 bits per heavy atom. The van der Waals surface area contributed by atoms with E-state index in [-0.39, 0.29) is 6.29 Å². The molecular formula is C14H30O3Si. The fourth-order valence-corrected chi connectivity index (χ4v) is 4.06. The standard InChI is InChI=1S/C8H16OSi.C6H14O2/c1-4-10(5-2,6-3)8-7-9;1-4-7-6(3)8-5-2/h8H,4-6H2,1-3H3;6H,4-5H2,1-3H3. The topological polar surface area (TPSA) is 35.5 Å². The molecule has 0 aliphatic rings. The van der Waals surface area contributed by atoms with Gasteiger partial charge in [0.05, 0.1) is 8.07 Å². The van der Waals surface area contributed by atoms with Crippen LogP contribution in [0, 0.1) is 0 Å². The maximum absolute atomic E-state index is 10.2. The Labute approximate surface area is 114 Å². The predicted octanol–water partition coefficient (Wildman–Crippen LogP) is 3.83. The van der Waals surface area contributed by atoms with E-state index in [2.05, 4.69) is 20.8 Å². The lowest BCUT2D eigenvalue weighted by Crippen LogP contribution is -2.28. The van der Waals surface area contributed by atoms with Crippen LogP contribution >= 0.6 is 0 Å². The van der Waals surface area contributed by atoms with Gasteiger partial charge in [0.15, 0.2) is 6.29 Å². The Morgan fingerprint density at radius 1 is 1.00 bits per heavy atom. The summed E-state index contributed by atoms with van der Waals surface area (Å²) in [6, 6.07) is 3.53. The minimum atomic E-state index is -1.27. The molecule has 0 aliphatic heterocycles. The molecule has 0 bridgehead atoms. The van der Waals surface area contributed by atoms with Crippen molar-refractivity contribution in [1.82, 2.24) is 0 Å². The van der Waals surface area contributed by atoms with Crippen molar-refractivity contribution >= 4 is 14.0 Å². The van der Waals surface area contributed by atoms with Gasteiger partial charge < -0.3 is 9.47 Å². The van der Waals surface area contributed by atoms with E-state index in [0.29, 0.717) is 0 Å². The summed E-state index contributed by atoms with van der Waals surface area (Å²) < 4.78 is 10.1. The third-order valence-corrected chi connectivity index (χ3v) is 8.24. The van der Waals surface area contributed by atoms with Crippen molar-refractivity contribution in [2.75, 3.05) is 13.2 Å². The maximum atomic E-state index is 10.2. The van der Waals surface area contributed by atoms with Gasteiger partial charge in [-0.1, -0.05) is 38.9 Å². The Kier molecular flexibility index (Phi) is 14.4. The lowest BCUT2D eigenvalue weighted by atomic mass is 10.7. The van der Waals surface area contributed by atoms with Crippen molar-refractivity contribution in [3.63, 3.8) is 0 Å². The third kappa shape index (κ3) is 9.60. The molecule has 0 spiro atoms. The normalized spacial score (nSPS) is 10.6. The minimum Gasteiger partial charge on any atom is -0.353 e. The second-order valence-corrected chi connectivity index (χ2v) is 9.30. The molecule has 0 amide bonds. The lowest BCUT2D eigenvalue weighted by molar-refractivity contribution is -0.123. The summed E-state index contributed by atoms with van der Waals surface area (Å²) in [6.07, 6.45) is -0.0370. The second kappa shape index (κ2) is 13.0. The molecule has 0 fully saturated rings. The summed E-state index contributed by atoms with van der Waals surface area (Å²) in [6.45, 7) is 13.8. The Bertz CT molecular complexity index is 207. The molecule has 3 nitrogen and oxygen atoms in total. The van der Waals surface area contributed by atoms with E-state index in [1.54, 1.807) is 0 Å². The van der Waals surface area contributed by atoms with Crippen LogP contribution < -0.4 is 0 Å². The van der Waals surface area contributed by atoms with Gasteiger partial charge in [0.25, 0.3) is 0 Å². The molecule has 108 valence electrons. The van der Waals surface area contributed by atoms with E-state index in [9.17, 15) is 4.79 Å². The first-order valence-corrected chi connectivity index (χ1v) is 9.70. The second-order valence-electron chi connectivity index (χ2n) is 4.16. The predicted molar refractivity (Wildman–Crippen MR) is 80.2 cm³/mol. The number of hydrogen-bond donors (Lipinski definition) is 0. The van der Waals surface area contributed by atoms with Crippen molar-refractivity contribution in [3.05, 3.63) is 5.70 Å². The van der Waals surface area contributed by atoms with Gasteiger partial charge in [0.1, 0.15) is 5.94 Å². The zero-order chi connectivity index (χ0) is 14.4. The number of carbonyl (C=O) groups excluding carboxylic acids is 1. The zero-order valence-electron chi connectivity index (χ0n) is 12.9. The van der Waals surface area contributed by atoms with E-state index < -0.39 is 8.07 Å². The highest BCUT2D eigenvalue weighted by atomic mass is 28.3. The van der Waals surface area contributed by atoms with Crippen LogP contribution in [0.2, 0.25) is 18.1 Å². The van der Waals surface area contributed by atoms with Gasteiger partial charge in [-0.05, 0) is 26.5 Å². The van der Waals surface area contributed by atoms with Crippen molar-refractivity contribution in [3.8, 4) is 0 Å². The van der Waals surface area contributed by atoms with E-state index in [4.69, 9.17) is 9.47 Å². The van der Waals surface area contributed by atoms with Crippen LogP contribution in [0.3, 0.4) is 0 Å². The summed E-state index contributed by atoms with van der Waals surface area (Å²) in [7, 11) is -1.27. The molecule has 0 saturated carbocycles. The fourth-order valence-electron chi connectivity index (χ4n) is 1.70. The molecule has 18 heavy (non-hydrogen) atoms. The van der Waals surface area contributed by atoms with Crippen molar-refractivity contribution in [2.24, 2.45) is 0 Å². The average molecular weight is 274 g/mol. The molecule has 0 aromatic heterocycles. The van der Waals surface area contributed by atoms with Crippen molar-refractivity contribution in [2.45, 2.75) is 66.0 Å². The molecule has 0 aromatic rings. The molecule has 0 N–H and O–H groups in total. The molecule has 0 unspecified atom stereocenters. The van der Waals surface area contributed by atoms with E-state index in [1.165, 1.54) is 18.1 Å². The summed E-state index contributed by atoms with van der Waals surface area (Å²) in [5, 5.41) is 0.